The first-order valence-corrected chi connectivity index (χ1v) is 14.0. The van der Waals surface area contributed by atoms with Crippen LogP contribution in [0.3, 0.4) is 0 Å². The Morgan fingerprint density at radius 3 is 1.95 bits per heavy atom. The van der Waals surface area contributed by atoms with E-state index in [0.29, 0.717) is 22.7 Å². The van der Waals surface area contributed by atoms with Crippen LogP contribution in [-0.2, 0) is 5.41 Å². The highest BCUT2D eigenvalue weighted by molar-refractivity contribution is 7.17. The predicted molar refractivity (Wildman–Crippen MR) is 175 cm³/mol. The molecule has 1 aromatic heterocycles. The van der Waals surface area contributed by atoms with Crippen LogP contribution in [0.1, 0.15) is 40.0 Å². The molecule has 0 amide bonds. The fourth-order valence-electron chi connectivity index (χ4n) is 6.12. The zero-order valence-corrected chi connectivity index (χ0v) is 23.0. The zero-order valence-electron chi connectivity index (χ0n) is 32.2. The van der Waals surface area contributed by atoms with Crippen LogP contribution in [0.15, 0.2) is 120 Å². The average Bonchev–Trinajstić information content (AvgIpc) is 3.58. The lowest BCUT2D eigenvalue weighted by molar-refractivity contribution is 0.590. The Bertz CT molecular complexity index is 2400. The van der Waals surface area contributed by atoms with E-state index in [4.69, 9.17) is 13.7 Å². The molecule has 0 saturated heterocycles. The van der Waals surface area contributed by atoms with Gasteiger partial charge in [-0.15, -0.1) is 11.3 Å². The minimum Gasteiger partial charge on any atom is -0.311 e. The summed E-state index contributed by atoms with van der Waals surface area (Å²) in [4.78, 5) is 3.52. The Morgan fingerprint density at radius 1 is 0.675 bits per heavy atom. The second-order valence-electron chi connectivity index (χ2n) is 11.1. The van der Waals surface area contributed by atoms with Crippen molar-refractivity contribution in [3.63, 3.8) is 0 Å². The van der Waals surface area contributed by atoms with Crippen molar-refractivity contribution in [3.05, 3.63) is 126 Å². The predicted octanol–water partition coefficient (Wildman–Crippen LogP) is 8.28. The van der Waals surface area contributed by atoms with E-state index >= 15 is 0 Å². The van der Waals surface area contributed by atoms with Gasteiger partial charge >= 0.3 is 0 Å². The molecule has 6 aromatic rings. The number of para-hydroxylation sites is 3. The highest BCUT2D eigenvalue weighted by Gasteiger charge is 2.44. The number of anilines is 6. The van der Waals surface area contributed by atoms with Gasteiger partial charge in [0.05, 0.1) is 13.7 Å². The topological polar surface area (TPSA) is 6.48 Å². The van der Waals surface area contributed by atoms with Gasteiger partial charge in [0, 0.05) is 38.8 Å². The second-order valence-corrected chi connectivity index (χ2v) is 12.1. The molecule has 40 heavy (non-hydrogen) atoms. The Labute approximate surface area is 254 Å². The fourth-order valence-corrected chi connectivity index (χ4v) is 6.92. The summed E-state index contributed by atoms with van der Waals surface area (Å²) in [7, 11) is 0. The maximum Gasteiger partial charge on any atom is 0.252 e. The molecule has 2 nitrogen and oxygen atoms in total. The maximum absolute atomic E-state index is 9.11. The summed E-state index contributed by atoms with van der Waals surface area (Å²) in [5.74, 6) is 0. The second kappa shape index (κ2) is 8.61. The van der Waals surface area contributed by atoms with E-state index in [9.17, 15) is 0 Å². The number of hydrogen-bond donors (Lipinski definition) is 0. The monoisotopic (exact) mass is 542 g/mol. The summed E-state index contributed by atoms with van der Waals surface area (Å²) in [6.07, 6.45) is 0. The molecule has 5 aromatic carbocycles. The van der Waals surface area contributed by atoms with Crippen molar-refractivity contribution < 1.29 is 13.7 Å². The molecule has 192 valence electrons. The highest BCUT2D eigenvalue weighted by atomic mass is 32.1. The number of fused-ring (bicyclic) bond motifs is 6. The minimum atomic E-state index is -0.487. The third kappa shape index (κ3) is 3.36. The van der Waals surface area contributed by atoms with Gasteiger partial charge in [-0.25, -0.2) is 0 Å². The van der Waals surface area contributed by atoms with Crippen LogP contribution in [0.5, 0.6) is 0 Å². The van der Waals surface area contributed by atoms with Gasteiger partial charge in [0.2, 0.25) is 0 Å². The molecular formula is C36H29BN2S. The van der Waals surface area contributed by atoms with Gasteiger partial charge in [-0.05, 0) is 98.7 Å². The molecule has 4 heteroatoms. The van der Waals surface area contributed by atoms with Crippen molar-refractivity contribution in [3.8, 4) is 0 Å². The zero-order chi connectivity index (χ0) is 35.7. The molecule has 2 aliphatic rings. The Kier molecular flexibility index (Phi) is 3.34. The van der Waals surface area contributed by atoms with E-state index in [1.165, 1.54) is 0 Å². The molecule has 0 spiro atoms. The average molecular weight is 543 g/mol. The summed E-state index contributed by atoms with van der Waals surface area (Å²) < 4.78 is 88.4. The lowest BCUT2D eigenvalue weighted by Crippen LogP contribution is -2.61. The van der Waals surface area contributed by atoms with E-state index in [-0.39, 0.29) is 35.5 Å². The van der Waals surface area contributed by atoms with E-state index in [1.807, 2.05) is 80.7 Å². The van der Waals surface area contributed by atoms with Crippen LogP contribution >= 0.6 is 11.3 Å². The SMILES string of the molecule is [2H]c1c([2H])c([2H])c(N2c3ccccc3B3c4c2cc(C(C)(C)C)cc4N(c2c([2H])c([2H])c([2H])c([2H])c2[2H])c2ccc4sccc4c23)c([2H])c1[2H]. The molecule has 0 fully saturated rings. The quantitative estimate of drug-likeness (QED) is 0.203. The van der Waals surface area contributed by atoms with Crippen LogP contribution in [-0.4, -0.2) is 6.71 Å². The number of rotatable bonds is 2. The summed E-state index contributed by atoms with van der Waals surface area (Å²) in [5, 5.41) is 2.96. The Balaban J connectivity index is 1.60. The first kappa shape index (κ1) is 15.5. The third-order valence-electron chi connectivity index (χ3n) is 7.87. The van der Waals surface area contributed by atoms with Crippen molar-refractivity contribution in [2.45, 2.75) is 26.2 Å². The molecule has 0 N–H and O–H groups in total. The smallest absolute Gasteiger partial charge is 0.252 e. The van der Waals surface area contributed by atoms with Crippen LogP contribution in [0.2, 0.25) is 0 Å². The molecule has 0 atom stereocenters. The molecule has 0 aliphatic carbocycles. The van der Waals surface area contributed by atoms with Crippen LogP contribution in [0.4, 0.5) is 34.1 Å². The van der Waals surface area contributed by atoms with E-state index in [0.717, 1.165) is 32.0 Å². The minimum absolute atomic E-state index is 0.00376. The fraction of sp³-hybridized carbons (Fsp3) is 0.111. The van der Waals surface area contributed by atoms with Gasteiger partial charge in [-0.1, -0.05) is 75.2 Å². The molecule has 0 radical (unpaired) electrons. The molecule has 0 unspecified atom stereocenters. The van der Waals surface area contributed by atoms with Gasteiger partial charge in [-0.2, -0.15) is 0 Å². The number of nitrogens with zero attached hydrogens (tertiary/aromatic N) is 2. The standard InChI is InChI=1S/C36H29BN2S/c1-36(2,3)24-22-31-35-32(23-24)39(26-14-8-5-9-15-26)30-18-19-33-27(20-21-40-33)34(30)37(35)28-16-10-11-17-29(28)38(31)25-12-6-4-7-13-25/h4-23H,1-3H3/i4D,5D,6D,7D,8D,9D,12D,13D,14D,15D. The first-order chi connectivity index (χ1) is 23.6. The van der Waals surface area contributed by atoms with Crippen molar-refractivity contribution in [2.24, 2.45) is 0 Å². The van der Waals surface area contributed by atoms with Crippen molar-refractivity contribution in [1.29, 1.82) is 0 Å². The molecule has 0 saturated carbocycles. The van der Waals surface area contributed by atoms with E-state index in [1.54, 1.807) is 21.1 Å². The summed E-state index contributed by atoms with van der Waals surface area (Å²) in [6.45, 7) is 5.74. The van der Waals surface area contributed by atoms with Crippen LogP contribution < -0.4 is 26.2 Å². The molecular weight excluding hydrogens is 503 g/mol. The number of thiophene rings is 1. The maximum atomic E-state index is 9.11. The normalized spacial score (nSPS) is 17.2. The largest absolute Gasteiger partial charge is 0.311 e. The summed E-state index contributed by atoms with van der Waals surface area (Å²) in [6, 6.07) is 13.5. The van der Waals surface area contributed by atoms with E-state index < -0.39 is 48.4 Å². The summed E-state index contributed by atoms with van der Waals surface area (Å²) in [5.41, 5.74) is 5.39. The Hall–Kier alpha value is -4.28. The lowest BCUT2D eigenvalue weighted by Gasteiger charge is -2.45. The van der Waals surface area contributed by atoms with E-state index in [2.05, 4.69) is 0 Å². The summed E-state index contributed by atoms with van der Waals surface area (Å²) >= 11 is 1.58. The third-order valence-corrected chi connectivity index (χ3v) is 8.75. The highest BCUT2D eigenvalue weighted by Crippen LogP contribution is 2.46. The first-order valence-electron chi connectivity index (χ1n) is 18.2. The molecule has 2 aliphatic heterocycles. The van der Waals surface area contributed by atoms with Gasteiger partial charge in [0.25, 0.3) is 6.71 Å². The van der Waals surface area contributed by atoms with Crippen LogP contribution in [0.25, 0.3) is 10.1 Å². The van der Waals surface area contributed by atoms with Crippen molar-refractivity contribution in [1.82, 2.24) is 0 Å². The van der Waals surface area contributed by atoms with Gasteiger partial charge in [-0.3, -0.25) is 0 Å². The lowest BCUT2D eigenvalue weighted by atomic mass is 9.33. The van der Waals surface area contributed by atoms with Crippen LogP contribution in [0, 0.1) is 0 Å². The van der Waals surface area contributed by atoms with Crippen molar-refractivity contribution >= 4 is 78.6 Å². The number of benzene rings is 5. The number of hydrogen-bond acceptors (Lipinski definition) is 3. The van der Waals surface area contributed by atoms with Gasteiger partial charge in [0.1, 0.15) is 0 Å². The molecule has 0 bridgehead atoms. The van der Waals surface area contributed by atoms with Crippen molar-refractivity contribution in [2.75, 3.05) is 9.80 Å². The molecule has 8 rings (SSSR count). The molecule has 3 heterocycles. The Morgan fingerprint density at radius 2 is 1.30 bits per heavy atom. The van der Waals surface area contributed by atoms with Gasteiger partial charge < -0.3 is 9.80 Å². The van der Waals surface area contributed by atoms with Gasteiger partial charge in [0.15, 0.2) is 0 Å².